The smallest absolute Gasteiger partial charge is 0.0530 e. The molecule has 20 heavy (non-hydrogen) atoms. The van der Waals surface area contributed by atoms with Gasteiger partial charge in [-0.15, -0.1) is 6.58 Å². The first-order valence-electron chi connectivity index (χ1n) is 7.72. The Kier molecular flexibility index (Phi) is 5.62. The van der Waals surface area contributed by atoms with E-state index in [4.69, 9.17) is 0 Å². The van der Waals surface area contributed by atoms with Gasteiger partial charge in [0.05, 0.1) is 6.04 Å². The molecule has 0 amide bonds. The lowest BCUT2D eigenvalue weighted by atomic mass is 10.0. The third kappa shape index (κ3) is 3.41. The molecule has 1 aliphatic rings. The van der Waals surface area contributed by atoms with E-state index in [0.29, 0.717) is 6.04 Å². The summed E-state index contributed by atoms with van der Waals surface area (Å²) in [6.45, 7) is 14.9. The van der Waals surface area contributed by atoms with Crippen molar-refractivity contribution in [2.24, 2.45) is 0 Å². The molecule has 110 valence electrons. The normalized spacial score (nSPS) is 17.7. The monoisotopic (exact) mass is 273 g/mol. The van der Waals surface area contributed by atoms with Crippen LogP contribution in [-0.2, 0) is 0 Å². The average molecular weight is 273 g/mol. The van der Waals surface area contributed by atoms with E-state index in [1.54, 1.807) is 0 Å². The summed E-state index contributed by atoms with van der Waals surface area (Å²) in [5, 5.41) is 3.40. The van der Waals surface area contributed by atoms with Gasteiger partial charge in [-0.3, -0.25) is 4.90 Å². The Bertz CT molecular complexity index is 403. The van der Waals surface area contributed by atoms with Crippen molar-refractivity contribution in [1.82, 2.24) is 10.2 Å². The molecule has 1 aromatic rings. The molecule has 1 fully saturated rings. The Morgan fingerprint density at radius 1 is 1.20 bits per heavy atom. The average Bonchev–Trinajstić information content (AvgIpc) is 2.52. The van der Waals surface area contributed by atoms with Gasteiger partial charge in [0.1, 0.15) is 0 Å². The Labute approximate surface area is 123 Å². The fourth-order valence-corrected chi connectivity index (χ4v) is 2.93. The van der Waals surface area contributed by atoms with E-state index in [0.717, 1.165) is 39.3 Å². The van der Waals surface area contributed by atoms with Crippen LogP contribution in [0.5, 0.6) is 0 Å². The summed E-state index contributed by atoms with van der Waals surface area (Å²) in [7, 11) is 0. The molecule has 1 N–H and O–H groups in total. The second-order valence-corrected chi connectivity index (χ2v) is 5.23. The SMILES string of the molecule is C=C[C@H](c1ccc(N(CC)CC)cc1)N1CCNCC1. The van der Waals surface area contributed by atoms with Crippen LogP contribution in [0.2, 0.25) is 0 Å². The van der Waals surface area contributed by atoms with Gasteiger partial charge >= 0.3 is 0 Å². The van der Waals surface area contributed by atoms with E-state index in [1.165, 1.54) is 11.3 Å². The summed E-state index contributed by atoms with van der Waals surface area (Å²) in [6.07, 6.45) is 2.07. The fraction of sp³-hybridized carbons (Fsp3) is 0.529. The molecule has 1 aliphatic heterocycles. The second kappa shape index (κ2) is 7.46. The van der Waals surface area contributed by atoms with Gasteiger partial charge in [-0.05, 0) is 31.5 Å². The van der Waals surface area contributed by atoms with E-state index < -0.39 is 0 Å². The lowest BCUT2D eigenvalue weighted by Gasteiger charge is -2.33. The summed E-state index contributed by atoms with van der Waals surface area (Å²) < 4.78 is 0. The zero-order valence-electron chi connectivity index (χ0n) is 12.8. The van der Waals surface area contributed by atoms with Crippen molar-refractivity contribution >= 4 is 5.69 Å². The molecule has 0 spiro atoms. The third-order valence-electron chi connectivity index (χ3n) is 4.13. The predicted octanol–water partition coefficient (Wildman–Crippen LogP) is 2.67. The zero-order chi connectivity index (χ0) is 14.4. The van der Waals surface area contributed by atoms with Crippen molar-refractivity contribution in [3.63, 3.8) is 0 Å². The van der Waals surface area contributed by atoms with Crippen LogP contribution in [-0.4, -0.2) is 44.2 Å². The molecular formula is C17H27N3. The minimum Gasteiger partial charge on any atom is -0.372 e. The van der Waals surface area contributed by atoms with Crippen LogP contribution >= 0.6 is 0 Å². The first kappa shape index (κ1) is 15.1. The molecular weight excluding hydrogens is 246 g/mol. The van der Waals surface area contributed by atoms with E-state index >= 15 is 0 Å². The van der Waals surface area contributed by atoms with Crippen molar-refractivity contribution in [2.75, 3.05) is 44.2 Å². The summed E-state index contributed by atoms with van der Waals surface area (Å²) in [4.78, 5) is 4.87. The molecule has 0 saturated carbocycles. The molecule has 1 atom stereocenters. The van der Waals surface area contributed by atoms with Crippen LogP contribution in [0.15, 0.2) is 36.9 Å². The maximum absolute atomic E-state index is 4.03. The van der Waals surface area contributed by atoms with Crippen molar-refractivity contribution in [3.8, 4) is 0 Å². The van der Waals surface area contributed by atoms with Crippen LogP contribution in [0, 0.1) is 0 Å². The van der Waals surface area contributed by atoms with Crippen LogP contribution in [0.25, 0.3) is 0 Å². The molecule has 3 nitrogen and oxygen atoms in total. The number of anilines is 1. The van der Waals surface area contributed by atoms with E-state index in [-0.39, 0.29) is 0 Å². The van der Waals surface area contributed by atoms with Crippen molar-refractivity contribution in [2.45, 2.75) is 19.9 Å². The number of piperazine rings is 1. The summed E-state index contributed by atoms with van der Waals surface area (Å²) in [6, 6.07) is 9.31. The van der Waals surface area contributed by atoms with Gasteiger partial charge < -0.3 is 10.2 Å². The van der Waals surface area contributed by atoms with Crippen molar-refractivity contribution in [3.05, 3.63) is 42.5 Å². The van der Waals surface area contributed by atoms with Crippen molar-refractivity contribution in [1.29, 1.82) is 0 Å². The highest BCUT2D eigenvalue weighted by atomic mass is 15.2. The molecule has 1 aromatic carbocycles. The highest BCUT2D eigenvalue weighted by molar-refractivity contribution is 5.48. The molecule has 1 heterocycles. The standard InChI is InChI=1S/C17H27N3/c1-4-17(20-13-11-18-12-14-20)15-7-9-16(10-8-15)19(5-2)6-3/h4,7-10,17-18H,1,5-6,11-14H2,2-3H3/t17-/m1/s1. The highest BCUT2D eigenvalue weighted by Gasteiger charge is 2.19. The van der Waals surface area contributed by atoms with E-state index in [2.05, 4.69) is 65.9 Å². The van der Waals surface area contributed by atoms with Gasteiger partial charge in [0.25, 0.3) is 0 Å². The van der Waals surface area contributed by atoms with Crippen LogP contribution in [0.3, 0.4) is 0 Å². The summed E-state index contributed by atoms with van der Waals surface area (Å²) in [5.41, 5.74) is 2.65. The molecule has 2 rings (SSSR count). The molecule has 0 bridgehead atoms. The summed E-state index contributed by atoms with van der Waals surface area (Å²) >= 11 is 0. The predicted molar refractivity (Wildman–Crippen MR) is 87.4 cm³/mol. The van der Waals surface area contributed by atoms with Gasteiger partial charge in [-0.1, -0.05) is 18.2 Å². The number of hydrogen-bond acceptors (Lipinski definition) is 3. The van der Waals surface area contributed by atoms with Gasteiger partial charge in [-0.2, -0.15) is 0 Å². The Morgan fingerprint density at radius 3 is 2.30 bits per heavy atom. The van der Waals surface area contributed by atoms with Crippen molar-refractivity contribution < 1.29 is 0 Å². The van der Waals surface area contributed by atoms with Gasteiger partial charge in [0.15, 0.2) is 0 Å². The maximum Gasteiger partial charge on any atom is 0.0530 e. The third-order valence-corrected chi connectivity index (χ3v) is 4.13. The number of nitrogens with one attached hydrogen (secondary N) is 1. The first-order valence-corrected chi connectivity index (χ1v) is 7.72. The lowest BCUT2D eigenvalue weighted by Crippen LogP contribution is -2.44. The van der Waals surface area contributed by atoms with Gasteiger partial charge in [-0.25, -0.2) is 0 Å². The second-order valence-electron chi connectivity index (χ2n) is 5.23. The maximum atomic E-state index is 4.03. The molecule has 0 radical (unpaired) electrons. The number of nitrogens with zero attached hydrogens (tertiary/aromatic N) is 2. The Hall–Kier alpha value is -1.32. The minimum atomic E-state index is 0.336. The molecule has 0 aliphatic carbocycles. The number of benzene rings is 1. The molecule has 0 aromatic heterocycles. The molecule has 3 heteroatoms. The van der Waals surface area contributed by atoms with E-state index in [9.17, 15) is 0 Å². The quantitative estimate of drug-likeness (QED) is 0.804. The van der Waals surface area contributed by atoms with Gasteiger partial charge in [0.2, 0.25) is 0 Å². The van der Waals surface area contributed by atoms with E-state index in [1.807, 2.05) is 0 Å². The van der Waals surface area contributed by atoms with Crippen LogP contribution in [0.4, 0.5) is 5.69 Å². The minimum absolute atomic E-state index is 0.336. The van der Waals surface area contributed by atoms with Crippen LogP contribution < -0.4 is 10.2 Å². The largest absolute Gasteiger partial charge is 0.372 e. The molecule has 1 saturated heterocycles. The van der Waals surface area contributed by atoms with Crippen LogP contribution in [0.1, 0.15) is 25.5 Å². The number of hydrogen-bond donors (Lipinski definition) is 1. The molecule has 0 unspecified atom stereocenters. The summed E-state index contributed by atoms with van der Waals surface area (Å²) in [5.74, 6) is 0. The fourth-order valence-electron chi connectivity index (χ4n) is 2.93. The topological polar surface area (TPSA) is 18.5 Å². The Morgan fingerprint density at radius 2 is 1.80 bits per heavy atom. The lowest BCUT2D eigenvalue weighted by molar-refractivity contribution is 0.203. The Balaban J connectivity index is 2.12. The zero-order valence-corrected chi connectivity index (χ0v) is 12.8. The first-order chi connectivity index (χ1) is 9.80. The van der Waals surface area contributed by atoms with Gasteiger partial charge in [0, 0.05) is 45.0 Å². The number of rotatable bonds is 6. The highest BCUT2D eigenvalue weighted by Crippen LogP contribution is 2.24.